The molecule has 4 heteroatoms. The first kappa shape index (κ1) is 13.6. The zero-order chi connectivity index (χ0) is 14.4. The molecule has 1 aliphatic carbocycles. The lowest BCUT2D eigenvalue weighted by atomic mass is 10.1. The SMILES string of the molecule is Cc1cccc(C2NC3(CC3)C(=O)N2C2CCCSC2)c1. The molecule has 3 aliphatic rings. The third-order valence-corrected chi connectivity index (χ3v) is 6.17. The van der Waals surface area contributed by atoms with Crippen molar-refractivity contribution in [3.8, 4) is 0 Å². The second-order valence-electron chi connectivity index (χ2n) is 6.63. The lowest BCUT2D eigenvalue weighted by Gasteiger charge is -2.35. The van der Waals surface area contributed by atoms with Crippen molar-refractivity contribution in [2.75, 3.05) is 11.5 Å². The topological polar surface area (TPSA) is 32.3 Å². The fourth-order valence-electron chi connectivity index (χ4n) is 3.64. The van der Waals surface area contributed by atoms with E-state index in [1.54, 1.807) is 0 Å². The summed E-state index contributed by atoms with van der Waals surface area (Å²) in [5.74, 6) is 2.68. The number of amides is 1. The molecule has 1 spiro atoms. The summed E-state index contributed by atoms with van der Waals surface area (Å²) in [7, 11) is 0. The normalized spacial score (nSPS) is 30.9. The third kappa shape index (κ3) is 2.29. The molecule has 1 amide bonds. The molecule has 2 saturated heterocycles. The molecule has 2 atom stereocenters. The number of rotatable bonds is 2. The van der Waals surface area contributed by atoms with Crippen molar-refractivity contribution in [3.05, 3.63) is 35.4 Å². The van der Waals surface area contributed by atoms with Crippen LogP contribution in [-0.4, -0.2) is 33.9 Å². The minimum atomic E-state index is -0.226. The molecular weight excluding hydrogens is 280 g/mol. The predicted molar refractivity (Wildman–Crippen MR) is 86.2 cm³/mol. The van der Waals surface area contributed by atoms with Crippen LogP contribution in [0.25, 0.3) is 0 Å². The Hall–Kier alpha value is -1.00. The Bertz CT molecular complexity index is 564. The summed E-state index contributed by atoms with van der Waals surface area (Å²) in [5.41, 5.74) is 2.27. The molecule has 112 valence electrons. The summed E-state index contributed by atoms with van der Waals surface area (Å²) in [6.07, 6.45) is 4.46. The van der Waals surface area contributed by atoms with Crippen LogP contribution in [0.5, 0.6) is 0 Å². The van der Waals surface area contributed by atoms with Crippen molar-refractivity contribution in [1.29, 1.82) is 0 Å². The highest BCUT2D eigenvalue weighted by atomic mass is 32.2. The number of thioether (sulfide) groups is 1. The smallest absolute Gasteiger partial charge is 0.244 e. The largest absolute Gasteiger partial charge is 0.317 e. The minimum Gasteiger partial charge on any atom is -0.317 e. The van der Waals surface area contributed by atoms with Crippen LogP contribution in [-0.2, 0) is 4.79 Å². The first-order chi connectivity index (χ1) is 10.2. The maximum atomic E-state index is 12.9. The van der Waals surface area contributed by atoms with Crippen LogP contribution in [0.1, 0.15) is 43.0 Å². The quantitative estimate of drug-likeness (QED) is 0.912. The van der Waals surface area contributed by atoms with Gasteiger partial charge in [-0.3, -0.25) is 10.1 Å². The second-order valence-corrected chi connectivity index (χ2v) is 7.78. The summed E-state index contributed by atoms with van der Waals surface area (Å²) in [6, 6.07) is 8.99. The van der Waals surface area contributed by atoms with Gasteiger partial charge in [0.2, 0.25) is 5.91 Å². The van der Waals surface area contributed by atoms with Crippen LogP contribution < -0.4 is 5.32 Å². The van der Waals surface area contributed by atoms with Crippen LogP contribution in [0, 0.1) is 6.92 Å². The molecule has 1 saturated carbocycles. The van der Waals surface area contributed by atoms with Gasteiger partial charge < -0.3 is 4.90 Å². The van der Waals surface area contributed by atoms with Crippen molar-refractivity contribution >= 4 is 17.7 Å². The number of carbonyl (C=O) groups excluding carboxylic acids is 1. The monoisotopic (exact) mass is 302 g/mol. The minimum absolute atomic E-state index is 0.0728. The van der Waals surface area contributed by atoms with Crippen LogP contribution in [0.4, 0.5) is 0 Å². The van der Waals surface area contributed by atoms with Gasteiger partial charge in [-0.25, -0.2) is 0 Å². The summed E-state index contributed by atoms with van der Waals surface area (Å²) < 4.78 is 0. The number of hydrogen-bond donors (Lipinski definition) is 1. The van der Waals surface area contributed by atoms with Crippen molar-refractivity contribution < 1.29 is 4.79 Å². The van der Waals surface area contributed by atoms with Crippen molar-refractivity contribution in [2.45, 2.75) is 50.4 Å². The van der Waals surface area contributed by atoms with Crippen LogP contribution in [0.2, 0.25) is 0 Å². The number of hydrogen-bond acceptors (Lipinski definition) is 3. The molecule has 2 unspecified atom stereocenters. The Kier molecular flexibility index (Phi) is 3.27. The number of nitrogens with one attached hydrogen (secondary N) is 1. The molecule has 21 heavy (non-hydrogen) atoms. The Morgan fingerprint density at radius 3 is 2.90 bits per heavy atom. The van der Waals surface area contributed by atoms with E-state index in [4.69, 9.17) is 0 Å². The summed E-state index contributed by atoms with van der Waals surface area (Å²) in [4.78, 5) is 15.1. The molecule has 3 fully saturated rings. The van der Waals surface area contributed by atoms with Gasteiger partial charge in [0.25, 0.3) is 0 Å². The highest BCUT2D eigenvalue weighted by Crippen LogP contribution is 2.47. The van der Waals surface area contributed by atoms with E-state index in [2.05, 4.69) is 41.4 Å². The molecule has 2 aliphatic heterocycles. The Morgan fingerprint density at radius 1 is 1.38 bits per heavy atom. The molecular formula is C17H22N2OS. The van der Waals surface area contributed by atoms with Crippen molar-refractivity contribution in [2.24, 2.45) is 0 Å². The third-order valence-electron chi connectivity index (χ3n) is 4.97. The number of nitrogens with zero attached hydrogens (tertiary/aromatic N) is 1. The highest BCUT2D eigenvalue weighted by molar-refractivity contribution is 7.99. The molecule has 0 aromatic heterocycles. The van der Waals surface area contributed by atoms with Gasteiger partial charge in [0, 0.05) is 11.8 Å². The molecule has 2 heterocycles. The maximum Gasteiger partial charge on any atom is 0.244 e. The van der Waals surface area contributed by atoms with E-state index in [-0.39, 0.29) is 11.7 Å². The van der Waals surface area contributed by atoms with E-state index >= 15 is 0 Å². The van der Waals surface area contributed by atoms with Gasteiger partial charge in [0.05, 0.1) is 0 Å². The van der Waals surface area contributed by atoms with E-state index in [0.717, 1.165) is 25.0 Å². The number of benzene rings is 1. The first-order valence-corrected chi connectivity index (χ1v) is 9.10. The van der Waals surface area contributed by atoms with Crippen molar-refractivity contribution in [1.82, 2.24) is 10.2 Å². The van der Waals surface area contributed by atoms with Gasteiger partial charge in [0.1, 0.15) is 11.7 Å². The van der Waals surface area contributed by atoms with Crippen LogP contribution in [0.3, 0.4) is 0 Å². The van der Waals surface area contributed by atoms with E-state index < -0.39 is 0 Å². The molecule has 1 aromatic rings. The molecule has 4 rings (SSSR count). The number of aryl methyl sites for hydroxylation is 1. The predicted octanol–water partition coefficient (Wildman–Crippen LogP) is 2.85. The van der Waals surface area contributed by atoms with E-state index in [9.17, 15) is 4.79 Å². The number of carbonyl (C=O) groups is 1. The van der Waals surface area contributed by atoms with Crippen LogP contribution >= 0.6 is 11.8 Å². The standard InChI is InChI=1S/C17H22N2OS/c1-12-4-2-5-13(10-12)15-18-17(7-8-17)16(20)19(15)14-6-3-9-21-11-14/h2,4-5,10,14-15,18H,3,6-9,11H2,1H3. The fraction of sp³-hybridized carbons (Fsp3) is 0.588. The molecule has 1 N–H and O–H groups in total. The Morgan fingerprint density at radius 2 is 2.24 bits per heavy atom. The summed E-state index contributed by atoms with van der Waals surface area (Å²) >= 11 is 1.99. The molecule has 0 radical (unpaired) electrons. The molecule has 1 aromatic carbocycles. The van der Waals surface area contributed by atoms with Gasteiger partial charge in [-0.2, -0.15) is 11.8 Å². The van der Waals surface area contributed by atoms with Gasteiger partial charge in [-0.05, 0) is 43.9 Å². The summed E-state index contributed by atoms with van der Waals surface area (Å²) in [5, 5.41) is 3.65. The zero-order valence-corrected chi connectivity index (χ0v) is 13.3. The fourth-order valence-corrected chi connectivity index (χ4v) is 4.78. The average molecular weight is 302 g/mol. The first-order valence-electron chi connectivity index (χ1n) is 7.94. The Labute approximate surface area is 130 Å². The summed E-state index contributed by atoms with van der Waals surface area (Å²) in [6.45, 7) is 2.12. The molecule has 0 bridgehead atoms. The van der Waals surface area contributed by atoms with Crippen LogP contribution in [0.15, 0.2) is 24.3 Å². The van der Waals surface area contributed by atoms with Gasteiger partial charge in [-0.15, -0.1) is 0 Å². The van der Waals surface area contributed by atoms with E-state index in [1.165, 1.54) is 23.3 Å². The van der Waals surface area contributed by atoms with Gasteiger partial charge in [0.15, 0.2) is 0 Å². The lowest BCUT2D eigenvalue weighted by Crippen LogP contribution is -2.43. The average Bonchev–Trinajstić information content (AvgIpc) is 3.22. The van der Waals surface area contributed by atoms with E-state index in [0.29, 0.717) is 11.9 Å². The zero-order valence-electron chi connectivity index (χ0n) is 12.5. The van der Waals surface area contributed by atoms with Gasteiger partial charge in [-0.1, -0.05) is 29.8 Å². The maximum absolute atomic E-state index is 12.9. The molecule has 3 nitrogen and oxygen atoms in total. The second kappa shape index (κ2) is 5.03. The van der Waals surface area contributed by atoms with Gasteiger partial charge >= 0.3 is 0 Å². The highest BCUT2D eigenvalue weighted by Gasteiger charge is 2.60. The Balaban J connectivity index is 1.68. The van der Waals surface area contributed by atoms with E-state index in [1.807, 2.05) is 11.8 Å². The van der Waals surface area contributed by atoms with Crippen molar-refractivity contribution in [3.63, 3.8) is 0 Å². The lowest BCUT2D eigenvalue weighted by molar-refractivity contribution is -0.132.